The number of hydrogen-bond donors (Lipinski definition) is 1. The first-order chi connectivity index (χ1) is 10.7. The van der Waals surface area contributed by atoms with Gasteiger partial charge in [-0.3, -0.25) is 9.59 Å². The maximum absolute atomic E-state index is 12.2. The van der Waals surface area contributed by atoms with Crippen molar-refractivity contribution in [2.75, 3.05) is 0 Å². The number of carbonyl (C=O) groups excluding carboxylic acids is 1. The van der Waals surface area contributed by atoms with Gasteiger partial charge in [-0.05, 0) is 18.6 Å². The van der Waals surface area contributed by atoms with Crippen LogP contribution in [0.5, 0.6) is 0 Å². The highest BCUT2D eigenvalue weighted by Gasteiger charge is 2.04. The summed E-state index contributed by atoms with van der Waals surface area (Å²) in [6.07, 6.45) is 7.29. The van der Waals surface area contributed by atoms with Crippen LogP contribution in [-0.2, 0) is 4.79 Å². The molecule has 0 saturated heterocycles. The van der Waals surface area contributed by atoms with E-state index in [2.05, 4.69) is 17.5 Å². The van der Waals surface area contributed by atoms with Gasteiger partial charge in [0.05, 0.1) is 17.2 Å². The third kappa shape index (κ3) is 4.28. The van der Waals surface area contributed by atoms with Crippen LogP contribution in [0.25, 0.3) is 11.0 Å². The molecule has 1 amide bonds. The highest BCUT2D eigenvalue weighted by molar-refractivity contribution is 5.87. The van der Waals surface area contributed by atoms with Crippen LogP contribution in [0.1, 0.15) is 44.6 Å². The van der Waals surface area contributed by atoms with E-state index >= 15 is 0 Å². The molecule has 0 aliphatic carbocycles. The van der Waals surface area contributed by atoms with E-state index in [1.807, 2.05) is 0 Å². The number of carbonyl (C=O) groups is 1. The topological polar surface area (TPSA) is 71.7 Å². The molecule has 0 aliphatic heterocycles. The van der Waals surface area contributed by atoms with Crippen LogP contribution in [0, 0.1) is 0 Å². The molecule has 0 atom stereocenters. The lowest BCUT2D eigenvalue weighted by molar-refractivity contribution is -0.121. The summed E-state index contributed by atoms with van der Waals surface area (Å²) in [5.74, 6) is -0.141. The van der Waals surface area contributed by atoms with Gasteiger partial charge in [0.2, 0.25) is 11.3 Å². The third-order valence-corrected chi connectivity index (χ3v) is 3.36. The molecule has 1 aromatic heterocycles. The first-order valence-corrected chi connectivity index (χ1v) is 7.55. The molecule has 1 aromatic carbocycles. The van der Waals surface area contributed by atoms with E-state index in [0.717, 1.165) is 25.7 Å². The van der Waals surface area contributed by atoms with Crippen molar-refractivity contribution in [3.63, 3.8) is 0 Å². The zero-order valence-corrected chi connectivity index (χ0v) is 12.7. The largest absolute Gasteiger partial charge is 0.463 e. The number of rotatable bonds is 7. The zero-order valence-electron chi connectivity index (χ0n) is 12.7. The van der Waals surface area contributed by atoms with Crippen molar-refractivity contribution in [3.8, 4) is 0 Å². The number of hydrogen-bond acceptors (Lipinski definition) is 4. The van der Waals surface area contributed by atoms with Crippen molar-refractivity contribution in [1.29, 1.82) is 0 Å². The van der Waals surface area contributed by atoms with E-state index in [9.17, 15) is 9.59 Å². The average Bonchev–Trinajstić information content (AvgIpc) is 2.54. The lowest BCUT2D eigenvalue weighted by Gasteiger charge is -2.00. The van der Waals surface area contributed by atoms with Crippen LogP contribution in [0.3, 0.4) is 0 Å². The van der Waals surface area contributed by atoms with Crippen molar-refractivity contribution in [2.24, 2.45) is 5.10 Å². The molecule has 0 saturated carbocycles. The number of benzene rings is 1. The number of amides is 1. The van der Waals surface area contributed by atoms with E-state index in [0.29, 0.717) is 23.0 Å². The first-order valence-electron chi connectivity index (χ1n) is 7.55. The Balaban J connectivity index is 1.95. The quantitative estimate of drug-likeness (QED) is 0.485. The van der Waals surface area contributed by atoms with Gasteiger partial charge in [0.1, 0.15) is 11.8 Å². The molecular weight excluding hydrogens is 280 g/mol. The minimum absolute atomic E-state index is 0.141. The molecule has 2 aromatic rings. The SMILES string of the molecule is CCCCCCC(=O)N/N=C/c1coc2ccccc2c1=O. The lowest BCUT2D eigenvalue weighted by atomic mass is 10.1. The number of nitrogens with zero attached hydrogens (tertiary/aromatic N) is 1. The maximum atomic E-state index is 12.2. The minimum atomic E-state index is -0.164. The molecule has 0 bridgehead atoms. The molecule has 22 heavy (non-hydrogen) atoms. The van der Waals surface area contributed by atoms with E-state index in [1.54, 1.807) is 24.3 Å². The van der Waals surface area contributed by atoms with Crippen molar-refractivity contribution in [1.82, 2.24) is 5.43 Å². The first kappa shape index (κ1) is 15.9. The van der Waals surface area contributed by atoms with Crippen LogP contribution in [-0.4, -0.2) is 12.1 Å². The normalized spacial score (nSPS) is 11.1. The monoisotopic (exact) mass is 300 g/mol. The summed E-state index contributed by atoms with van der Waals surface area (Å²) in [5.41, 5.74) is 3.11. The molecule has 0 radical (unpaired) electrons. The molecule has 5 heteroatoms. The highest BCUT2D eigenvalue weighted by atomic mass is 16.3. The van der Waals surface area contributed by atoms with E-state index in [1.165, 1.54) is 12.5 Å². The van der Waals surface area contributed by atoms with Gasteiger partial charge in [-0.2, -0.15) is 5.10 Å². The van der Waals surface area contributed by atoms with Crippen LogP contribution in [0.4, 0.5) is 0 Å². The van der Waals surface area contributed by atoms with Crippen molar-refractivity contribution in [3.05, 3.63) is 46.3 Å². The molecule has 1 heterocycles. The summed E-state index contributed by atoms with van der Waals surface area (Å²) < 4.78 is 5.37. The molecule has 2 rings (SSSR count). The minimum Gasteiger partial charge on any atom is -0.463 e. The molecule has 0 fully saturated rings. The second kappa shape index (κ2) is 8.12. The van der Waals surface area contributed by atoms with Crippen molar-refractivity contribution >= 4 is 23.1 Å². The van der Waals surface area contributed by atoms with Crippen LogP contribution < -0.4 is 10.9 Å². The molecule has 5 nitrogen and oxygen atoms in total. The molecule has 0 aliphatic rings. The fourth-order valence-electron chi connectivity index (χ4n) is 2.12. The Morgan fingerprint density at radius 1 is 1.27 bits per heavy atom. The number of nitrogens with one attached hydrogen (secondary N) is 1. The Hall–Kier alpha value is -2.43. The van der Waals surface area contributed by atoms with Crippen LogP contribution >= 0.6 is 0 Å². The molecule has 0 spiro atoms. The number of hydrazone groups is 1. The van der Waals surface area contributed by atoms with Gasteiger partial charge in [-0.1, -0.05) is 38.3 Å². The smallest absolute Gasteiger partial charge is 0.240 e. The van der Waals surface area contributed by atoms with Crippen molar-refractivity contribution in [2.45, 2.75) is 39.0 Å². The van der Waals surface area contributed by atoms with Gasteiger partial charge in [-0.15, -0.1) is 0 Å². The number of fused-ring (bicyclic) bond motifs is 1. The van der Waals surface area contributed by atoms with E-state index < -0.39 is 0 Å². The molecule has 116 valence electrons. The lowest BCUT2D eigenvalue weighted by Crippen LogP contribution is -2.18. The summed E-state index contributed by atoms with van der Waals surface area (Å²) >= 11 is 0. The van der Waals surface area contributed by atoms with Crippen molar-refractivity contribution < 1.29 is 9.21 Å². The van der Waals surface area contributed by atoms with E-state index in [4.69, 9.17) is 4.42 Å². The fourth-order valence-corrected chi connectivity index (χ4v) is 2.12. The van der Waals surface area contributed by atoms with Gasteiger partial charge < -0.3 is 4.42 Å². The fraction of sp³-hybridized carbons (Fsp3) is 0.353. The Morgan fingerprint density at radius 3 is 2.91 bits per heavy atom. The summed E-state index contributed by atoms with van der Waals surface area (Å²) in [7, 11) is 0. The van der Waals surface area contributed by atoms with Gasteiger partial charge in [0.15, 0.2) is 0 Å². The van der Waals surface area contributed by atoms with Crippen LogP contribution in [0.15, 0.2) is 44.8 Å². The standard InChI is InChI=1S/C17H20N2O3/c1-2-3-4-5-10-16(20)19-18-11-13-12-22-15-9-7-6-8-14(15)17(13)21/h6-9,11-12H,2-5,10H2,1H3,(H,19,20)/b18-11+. The summed E-state index contributed by atoms with van der Waals surface area (Å²) in [5, 5.41) is 4.32. The van der Waals surface area contributed by atoms with E-state index in [-0.39, 0.29) is 11.3 Å². The second-order valence-electron chi connectivity index (χ2n) is 5.12. The second-order valence-corrected chi connectivity index (χ2v) is 5.12. The highest BCUT2D eigenvalue weighted by Crippen LogP contribution is 2.09. The third-order valence-electron chi connectivity index (χ3n) is 3.36. The summed E-state index contributed by atoms with van der Waals surface area (Å²) in [6, 6.07) is 7.01. The number of para-hydroxylation sites is 1. The molecule has 0 unspecified atom stereocenters. The predicted molar refractivity (Wildman–Crippen MR) is 87.0 cm³/mol. The predicted octanol–water partition coefficient (Wildman–Crippen LogP) is 3.21. The molecular formula is C17H20N2O3. The Morgan fingerprint density at radius 2 is 2.09 bits per heavy atom. The Kier molecular flexibility index (Phi) is 5.89. The Bertz CT molecular complexity index is 719. The van der Waals surface area contributed by atoms with Gasteiger partial charge in [-0.25, -0.2) is 5.43 Å². The van der Waals surface area contributed by atoms with Gasteiger partial charge >= 0.3 is 0 Å². The average molecular weight is 300 g/mol. The summed E-state index contributed by atoms with van der Waals surface area (Å²) in [4.78, 5) is 23.8. The van der Waals surface area contributed by atoms with Gasteiger partial charge in [0.25, 0.3) is 0 Å². The van der Waals surface area contributed by atoms with Gasteiger partial charge in [0, 0.05) is 6.42 Å². The van der Waals surface area contributed by atoms with Crippen LogP contribution in [0.2, 0.25) is 0 Å². The maximum Gasteiger partial charge on any atom is 0.240 e. The zero-order chi connectivity index (χ0) is 15.8. The molecule has 1 N–H and O–H groups in total. The number of unbranched alkanes of at least 4 members (excludes halogenated alkanes) is 3. The Labute approximate surface area is 129 Å². The summed E-state index contributed by atoms with van der Waals surface area (Å²) in [6.45, 7) is 2.12.